The number of hydrogen-bond donors (Lipinski definition) is 0. The number of nitrogens with zero attached hydrogens (tertiary/aromatic N) is 2. The maximum absolute atomic E-state index is 11.6. The first-order valence-corrected chi connectivity index (χ1v) is 5.97. The molecular formula is C11H8N2OS. The van der Waals surface area contributed by atoms with Crippen LogP contribution in [-0.4, -0.2) is 20.2 Å². The van der Waals surface area contributed by atoms with Crippen LogP contribution in [0.5, 0.6) is 0 Å². The number of aromatic nitrogens is 2. The first-order chi connectivity index (χ1) is 7.34. The van der Waals surface area contributed by atoms with Crippen molar-refractivity contribution in [1.82, 2.24) is 10.2 Å². The van der Waals surface area contributed by atoms with Crippen molar-refractivity contribution in [2.75, 3.05) is 5.75 Å². The van der Waals surface area contributed by atoms with E-state index in [1.165, 1.54) is 0 Å². The zero-order valence-electron chi connectivity index (χ0n) is 7.88. The van der Waals surface area contributed by atoms with Gasteiger partial charge in [-0.2, -0.15) is 10.2 Å². The summed E-state index contributed by atoms with van der Waals surface area (Å²) in [5, 5.41) is 9.76. The average Bonchev–Trinajstić information content (AvgIpc) is 2.51. The van der Waals surface area contributed by atoms with Crippen LogP contribution in [0.4, 0.5) is 0 Å². The van der Waals surface area contributed by atoms with Crippen LogP contribution in [0.2, 0.25) is 0 Å². The number of hydrogen-bond acceptors (Lipinski definition) is 3. The third-order valence-electron chi connectivity index (χ3n) is 2.47. The van der Waals surface area contributed by atoms with Crippen LogP contribution in [0.3, 0.4) is 0 Å². The van der Waals surface area contributed by atoms with Crippen LogP contribution in [0, 0.1) is 0 Å². The van der Waals surface area contributed by atoms with Gasteiger partial charge < -0.3 is 0 Å². The van der Waals surface area contributed by atoms with E-state index < -0.39 is 10.8 Å². The van der Waals surface area contributed by atoms with Gasteiger partial charge in [-0.25, -0.2) is 0 Å². The highest BCUT2D eigenvalue weighted by Crippen LogP contribution is 2.23. The van der Waals surface area contributed by atoms with Crippen LogP contribution in [0.15, 0.2) is 34.9 Å². The van der Waals surface area contributed by atoms with Gasteiger partial charge in [-0.1, -0.05) is 12.2 Å². The molecule has 0 saturated heterocycles. The van der Waals surface area contributed by atoms with Gasteiger partial charge in [-0.3, -0.25) is 4.21 Å². The zero-order valence-corrected chi connectivity index (χ0v) is 8.70. The minimum atomic E-state index is -0.881. The fraction of sp³-hybridized carbons (Fsp3) is 0.0909. The van der Waals surface area contributed by atoms with Crippen molar-refractivity contribution in [3.8, 4) is 0 Å². The zero-order chi connectivity index (χ0) is 10.3. The molecule has 0 aromatic carbocycles. The first-order valence-electron chi connectivity index (χ1n) is 4.65. The maximum Gasteiger partial charge on any atom is 0.0935 e. The van der Waals surface area contributed by atoms with Gasteiger partial charge in [0.1, 0.15) is 0 Å². The third-order valence-corrected chi connectivity index (χ3v) is 3.80. The Labute approximate surface area is 89.0 Å². The van der Waals surface area contributed by atoms with E-state index in [-0.39, 0.29) is 0 Å². The molecule has 15 heavy (non-hydrogen) atoms. The summed E-state index contributed by atoms with van der Waals surface area (Å²) in [6.07, 6.45) is 9.45. The van der Waals surface area contributed by atoms with Crippen molar-refractivity contribution in [2.24, 2.45) is 0 Å². The Kier molecular flexibility index (Phi) is 1.89. The minimum absolute atomic E-state index is 0.612. The van der Waals surface area contributed by atoms with E-state index in [4.69, 9.17) is 0 Å². The molecule has 2 aliphatic rings. The molecule has 1 unspecified atom stereocenters. The van der Waals surface area contributed by atoms with E-state index >= 15 is 0 Å². The Bertz CT molecular complexity index is 628. The molecule has 0 radical (unpaired) electrons. The van der Waals surface area contributed by atoms with E-state index in [1.807, 2.05) is 30.4 Å². The summed E-state index contributed by atoms with van der Waals surface area (Å²) < 4.78 is 11.6. The molecule has 1 aliphatic heterocycles. The summed E-state index contributed by atoms with van der Waals surface area (Å²) in [6.45, 7) is 0. The molecule has 3 nitrogen and oxygen atoms in total. The summed E-state index contributed by atoms with van der Waals surface area (Å²) >= 11 is 0. The molecule has 0 bridgehead atoms. The molecule has 1 aromatic heterocycles. The van der Waals surface area contributed by atoms with Gasteiger partial charge in [-0.05, 0) is 23.8 Å². The van der Waals surface area contributed by atoms with Gasteiger partial charge in [0, 0.05) is 15.9 Å². The number of rotatable bonds is 0. The predicted molar refractivity (Wildman–Crippen MR) is 59.4 cm³/mol. The standard InChI is InChI=1S/C11H8N2OS/c14-15-6-4-9-7-10-8(1-2-11(9)15)3-5-12-13-10/h1-5,7H,6H2. The molecule has 2 heterocycles. The fourth-order valence-corrected chi connectivity index (χ4v) is 2.84. The van der Waals surface area contributed by atoms with E-state index in [2.05, 4.69) is 10.2 Å². The normalized spacial score (nSPS) is 22.5. The van der Waals surface area contributed by atoms with Crippen LogP contribution in [-0.2, 0) is 10.8 Å². The Morgan fingerprint density at radius 2 is 2.27 bits per heavy atom. The molecule has 74 valence electrons. The summed E-state index contributed by atoms with van der Waals surface area (Å²) in [4.78, 5) is 0.896. The van der Waals surface area contributed by atoms with Crippen molar-refractivity contribution in [2.45, 2.75) is 0 Å². The Morgan fingerprint density at radius 3 is 3.20 bits per heavy atom. The lowest BCUT2D eigenvalue weighted by Gasteiger charge is -1.94. The molecule has 0 N–H and O–H groups in total. The maximum atomic E-state index is 11.6. The molecule has 4 heteroatoms. The van der Waals surface area contributed by atoms with E-state index in [1.54, 1.807) is 6.20 Å². The van der Waals surface area contributed by atoms with E-state index in [0.717, 1.165) is 21.0 Å². The van der Waals surface area contributed by atoms with Gasteiger partial charge in [-0.15, -0.1) is 0 Å². The molecule has 1 atom stereocenters. The van der Waals surface area contributed by atoms with E-state index in [0.29, 0.717) is 5.75 Å². The van der Waals surface area contributed by atoms with Crippen LogP contribution < -0.4 is 10.6 Å². The van der Waals surface area contributed by atoms with Gasteiger partial charge in [0.05, 0.1) is 22.3 Å². The second-order valence-electron chi connectivity index (χ2n) is 3.39. The van der Waals surface area contributed by atoms with Gasteiger partial charge in [0.15, 0.2) is 0 Å². The average molecular weight is 216 g/mol. The number of fused-ring (bicyclic) bond motifs is 2. The van der Waals surface area contributed by atoms with Gasteiger partial charge >= 0.3 is 0 Å². The fourth-order valence-electron chi connectivity index (χ4n) is 1.71. The molecule has 1 aromatic rings. The van der Waals surface area contributed by atoms with Crippen molar-refractivity contribution in [3.05, 3.63) is 45.5 Å². The Balaban J connectivity index is 2.35. The Morgan fingerprint density at radius 1 is 1.33 bits per heavy atom. The van der Waals surface area contributed by atoms with Crippen LogP contribution >= 0.6 is 0 Å². The summed E-state index contributed by atoms with van der Waals surface area (Å²) in [5.41, 5.74) is 1.02. The first kappa shape index (κ1) is 8.73. The molecule has 3 rings (SSSR count). The SMILES string of the molecule is O=S1CC=C2C=c3nnccc3=CC=C21. The van der Waals surface area contributed by atoms with Crippen molar-refractivity contribution >= 4 is 23.0 Å². The molecule has 0 fully saturated rings. The lowest BCUT2D eigenvalue weighted by atomic mass is 10.2. The molecule has 0 saturated carbocycles. The minimum Gasteiger partial charge on any atom is -0.254 e. The van der Waals surface area contributed by atoms with Crippen molar-refractivity contribution in [1.29, 1.82) is 0 Å². The quantitative estimate of drug-likeness (QED) is 0.594. The second-order valence-corrected chi connectivity index (χ2v) is 4.85. The smallest absolute Gasteiger partial charge is 0.0935 e. The summed E-state index contributed by atoms with van der Waals surface area (Å²) in [6, 6.07) is 1.90. The highest BCUT2D eigenvalue weighted by molar-refractivity contribution is 7.89. The molecule has 1 aliphatic carbocycles. The summed E-state index contributed by atoms with van der Waals surface area (Å²) in [5.74, 6) is 0.612. The highest BCUT2D eigenvalue weighted by atomic mass is 32.2. The lowest BCUT2D eigenvalue weighted by Crippen LogP contribution is -2.28. The Hall–Kier alpha value is -1.55. The predicted octanol–water partition coefficient (Wildman–Crippen LogP) is -0.376. The highest BCUT2D eigenvalue weighted by Gasteiger charge is 2.17. The molecular weight excluding hydrogens is 208 g/mol. The monoisotopic (exact) mass is 216 g/mol. The second kappa shape index (κ2) is 3.24. The molecule has 0 amide bonds. The van der Waals surface area contributed by atoms with Crippen LogP contribution in [0.1, 0.15) is 0 Å². The summed E-state index contributed by atoms with van der Waals surface area (Å²) in [7, 11) is -0.881. The topological polar surface area (TPSA) is 42.9 Å². The van der Waals surface area contributed by atoms with Crippen molar-refractivity contribution in [3.63, 3.8) is 0 Å². The van der Waals surface area contributed by atoms with Crippen molar-refractivity contribution < 1.29 is 4.21 Å². The molecule has 0 spiro atoms. The number of allylic oxidation sites excluding steroid dienone is 2. The third kappa shape index (κ3) is 1.37. The van der Waals surface area contributed by atoms with Crippen LogP contribution in [0.25, 0.3) is 12.2 Å². The lowest BCUT2D eigenvalue weighted by molar-refractivity contribution is 0.690. The van der Waals surface area contributed by atoms with E-state index in [9.17, 15) is 4.21 Å². The van der Waals surface area contributed by atoms with Gasteiger partial charge in [0.25, 0.3) is 0 Å². The van der Waals surface area contributed by atoms with Gasteiger partial charge in [0.2, 0.25) is 0 Å². The largest absolute Gasteiger partial charge is 0.254 e.